The monoisotopic (exact) mass is 310 g/mol. The number of hydrogen-bond donors (Lipinski definition) is 2. The van der Waals surface area contributed by atoms with E-state index >= 15 is 0 Å². The highest BCUT2D eigenvalue weighted by Gasteiger charge is 2.47. The molecule has 6 nitrogen and oxygen atoms in total. The number of hydrogen-bond acceptors (Lipinski definition) is 4. The van der Waals surface area contributed by atoms with Crippen molar-refractivity contribution >= 4 is 21.6 Å². The molecule has 2 aliphatic rings. The fraction of sp³-hybridized carbons (Fsp3) is 0.500. The number of methoxy groups -OCH3 is 1. The zero-order valence-electron chi connectivity index (χ0n) is 11.7. The van der Waals surface area contributed by atoms with E-state index in [1.807, 2.05) is 0 Å². The molecule has 2 aliphatic carbocycles. The summed E-state index contributed by atoms with van der Waals surface area (Å²) in [5, 5.41) is 7.93. The van der Waals surface area contributed by atoms with E-state index < -0.39 is 10.0 Å². The van der Waals surface area contributed by atoms with Crippen molar-refractivity contribution in [2.45, 2.75) is 24.2 Å². The number of sulfonamides is 1. The van der Waals surface area contributed by atoms with Crippen LogP contribution in [0.3, 0.4) is 0 Å². The number of nitrogens with one attached hydrogen (secondary N) is 1. The molecule has 7 heteroatoms. The van der Waals surface area contributed by atoms with Gasteiger partial charge in [0.25, 0.3) is 0 Å². The van der Waals surface area contributed by atoms with Crippen molar-refractivity contribution in [1.29, 1.82) is 0 Å². The van der Waals surface area contributed by atoms with Crippen LogP contribution >= 0.6 is 0 Å². The standard InChI is InChI=1S/C14H18N2O4S/c1-20-12-7-11(2-3-13(12)21(15,18)19)16-14(17)10-5-8-4-9(8)6-10/h2-3,7-10H,4-6H2,1H3,(H,16,17)(H2,15,18,19). The highest BCUT2D eigenvalue weighted by Crippen LogP contribution is 2.54. The third-order valence-electron chi connectivity index (χ3n) is 4.35. The Morgan fingerprint density at radius 2 is 1.95 bits per heavy atom. The maximum absolute atomic E-state index is 12.2. The number of amides is 1. The van der Waals surface area contributed by atoms with Crippen molar-refractivity contribution in [2.24, 2.45) is 22.9 Å². The maximum atomic E-state index is 12.2. The van der Waals surface area contributed by atoms with Crippen LogP contribution < -0.4 is 15.2 Å². The van der Waals surface area contributed by atoms with Gasteiger partial charge in [0.2, 0.25) is 15.9 Å². The van der Waals surface area contributed by atoms with Gasteiger partial charge in [0.15, 0.2) is 0 Å². The molecule has 0 radical (unpaired) electrons. The highest BCUT2D eigenvalue weighted by atomic mass is 32.2. The number of nitrogens with two attached hydrogens (primary N) is 1. The van der Waals surface area contributed by atoms with Crippen LogP contribution in [0.15, 0.2) is 23.1 Å². The summed E-state index contributed by atoms with van der Waals surface area (Å²) in [6, 6.07) is 4.35. The Hall–Kier alpha value is -1.60. The van der Waals surface area contributed by atoms with Crippen molar-refractivity contribution in [3.05, 3.63) is 18.2 Å². The third-order valence-corrected chi connectivity index (χ3v) is 5.30. The van der Waals surface area contributed by atoms with E-state index in [2.05, 4.69) is 5.32 Å². The molecular formula is C14H18N2O4S. The number of benzene rings is 1. The largest absolute Gasteiger partial charge is 0.495 e. The Morgan fingerprint density at radius 3 is 2.52 bits per heavy atom. The minimum Gasteiger partial charge on any atom is -0.495 e. The van der Waals surface area contributed by atoms with E-state index in [1.54, 1.807) is 0 Å². The second kappa shape index (κ2) is 4.99. The molecule has 0 bridgehead atoms. The number of primary sulfonamides is 1. The molecule has 2 atom stereocenters. The minimum absolute atomic E-state index is 0.00684. The summed E-state index contributed by atoms with van der Waals surface area (Å²) in [5.41, 5.74) is 0.518. The molecule has 2 unspecified atom stereocenters. The van der Waals surface area contributed by atoms with Gasteiger partial charge in [-0.3, -0.25) is 4.79 Å². The molecule has 0 heterocycles. The third kappa shape index (κ3) is 2.89. The van der Waals surface area contributed by atoms with Crippen LogP contribution in [0.2, 0.25) is 0 Å². The van der Waals surface area contributed by atoms with E-state index in [4.69, 9.17) is 9.88 Å². The zero-order valence-corrected chi connectivity index (χ0v) is 12.5. The summed E-state index contributed by atoms with van der Waals surface area (Å²) >= 11 is 0. The predicted octanol–water partition coefficient (Wildman–Crippen LogP) is 1.33. The minimum atomic E-state index is -3.85. The first-order valence-electron chi connectivity index (χ1n) is 6.90. The van der Waals surface area contributed by atoms with Gasteiger partial charge in [-0.2, -0.15) is 0 Å². The van der Waals surface area contributed by atoms with Crippen molar-refractivity contribution in [3.8, 4) is 5.75 Å². The molecule has 114 valence electrons. The Labute approximate surface area is 123 Å². The van der Waals surface area contributed by atoms with Gasteiger partial charge in [-0.05, 0) is 43.2 Å². The molecule has 0 saturated heterocycles. The van der Waals surface area contributed by atoms with Crippen molar-refractivity contribution < 1.29 is 17.9 Å². The molecule has 0 aliphatic heterocycles. The number of ether oxygens (including phenoxy) is 1. The average molecular weight is 310 g/mol. The molecule has 21 heavy (non-hydrogen) atoms. The van der Waals surface area contributed by atoms with E-state index in [1.165, 1.54) is 31.7 Å². The van der Waals surface area contributed by atoms with Crippen LogP contribution in [0.5, 0.6) is 5.75 Å². The number of fused-ring (bicyclic) bond motifs is 1. The van der Waals surface area contributed by atoms with Gasteiger partial charge in [-0.1, -0.05) is 0 Å². The molecule has 2 fully saturated rings. The Morgan fingerprint density at radius 1 is 1.29 bits per heavy atom. The van der Waals surface area contributed by atoms with Crippen molar-refractivity contribution in [2.75, 3.05) is 12.4 Å². The van der Waals surface area contributed by atoms with Crippen molar-refractivity contribution in [3.63, 3.8) is 0 Å². The van der Waals surface area contributed by atoms with Gasteiger partial charge in [0, 0.05) is 17.7 Å². The molecule has 0 aromatic heterocycles. The van der Waals surface area contributed by atoms with E-state index in [0.717, 1.165) is 24.7 Å². The number of carbonyl (C=O) groups excluding carboxylic acids is 1. The van der Waals surface area contributed by atoms with Crippen LogP contribution in [-0.2, 0) is 14.8 Å². The SMILES string of the molecule is COc1cc(NC(=O)C2CC3CC3C2)ccc1S(N)(=O)=O. The van der Waals surface area contributed by atoms with Gasteiger partial charge in [-0.15, -0.1) is 0 Å². The summed E-state index contributed by atoms with van der Waals surface area (Å²) < 4.78 is 27.8. The number of carbonyl (C=O) groups is 1. The first kappa shape index (κ1) is 14.3. The molecule has 1 amide bonds. The molecule has 2 saturated carbocycles. The fourth-order valence-electron chi connectivity index (χ4n) is 3.15. The zero-order chi connectivity index (χ0) is 15.2. The number of anilines is 1. The first-order valence-corrected chi connectivity index (χ1v) is 8.45. The van der Waals surface area contributed by atoms with E-state index in [0.29, 0.717) is 5.69 Å². The van der Waals surface area contributed by atoms with Crippen LogP contribution in [0, 0.1) is 17.8 Å². The Balaban J connectivity index is 1.75. The van der Waals surface area contributed by atoms with Crippen LogP contribution in [-0.4, -0.2) is 21.4 Å². The smallest absolute Gasteiger partial charge is 0.241 e. The fourth-order valence-corrected chi connectivity index (χ4v) is 3.83. The lowest BCUT2D eigenvalue weighted by Gasteiger charge is -2.14. The van der Waals surface area contributed by atoms with Crippen LogP contribution in [0.4, 0.5) is 5.69 Å². The summed E-state index contributed by atoms with van der Waals surface area (Å²) in [6.07, 6.45) is 3.19. The Bertz CT molecular complexity index is 676. The van der Waals surface area contributed by atoms with Gasteiger partial charge in [0.05, 0.1) is 7.11 Å². The first-order chi connectivity index (χ1) is 9.88. The highest BCUT2D eigenvalue weighted by molar-refractivity contribution is 7.89. The van der Waals surface area contributed by atoms with Crippen molar-refractivity contribution in [1.82, 2.24) is 0 Å². The quantitative estimate of drug-likeness (QED) is 0.876. The summed E-state index contributed by atoms with van der Waals surface area (Å²) in [6.45, 7) is 0. The van der Waals surface area contributed by atoms with Gasteiger partial charge < -0.3 is 10.1 Å². The normalized spacial score (nSPS) is 27.0. The van der Waals surface area contributed by atoms with Crippen LogP contribution in [0.25, 0.3) is 0 Å². The van der Waals surface area contributed by atoms with Gasteiger partial charge in [-0.25, -0.2) is 13.6 Å². The number of rotatable bonds is 4. The summed E-state index contributed by atoms with van der Waals surface area (Å²) in [7, 11) is -2.48. The molecular weight excluding hydrogens is 292 g/mol. The molecule has 1 aromatic rings. The van der Waals surface area contributed by atoms with Gasteiger partial charge >= 0.3 is 0 Å². The van der Waals surface area contributed by atoms with E-state index in [-0.39, 0.29) is 22.5 Å². The lowest BCUT2D eigenvalue weighted by Crippen LogP contribution is -2.21. The lowest BCUT2D eigenvalue weighted by molar-refractivity contribution is -0.120. The van der Waals surface area contributed by atoms with Crippen LogP contribution in [0.1, 0.15) is 19.3 Å². The topological polar surface area (TPSA) is 98.5 Å². The molecule has 0 spiro atoms. The van der Waals surface area contributed by atoms with E-state index in [9.17, 15) is 13.2 Å². The second-order valence-electron chi connectivity index (χ2n) is 5.82. The second-order valence-corrected chi connectivity index (χ2v) is 7.35. The summed E-state index contributed by atoms with van der Waals surface area (Å²) in [5.74, 6) is 1.66. The molecule has 1 aromatic carbocycles. The molecule has 3 rings (SSSR count). The molecule has 3 N–H and O–H groups in total. The summed E-state index contributed by atoms with van der Waals surface area (Å²) in [4.78, 5) is 12.1. The predicted molar refractivity (Wildman–Crippen MR) is 77.3 cm³/mol. The maximum Gasteiger partial charge on any atom is 0.241 e. The average Bonchev–Trinajstić information content (AvgIpc) is 3.03. The van der Waals surface area contributed by atoms with Gasteiger partial charge in [0.1, 0.15) is 10.6 Å². The lowest BCUT2D eigenvalue weighted by atomic mass is 10.0. The Kier molecular flexibility index (Phi) is 3.41.